The van der Waals surface area contributed by atoms with E-state index in [-0.39, 0.29) is 16.8 Å². The third kappa shape index (κ3) is 5.14. The SMILES string of the molecule is CC(Sc1ccc([N+](=O)[O-])cc1)C(=O)Nc1ccc(Sc2nccn2C)cc1. The molecule has 0 radical (unpaired) electrons. The number of thioether (sulfide) groups is 1. The first-order chi connectivity index (χ1) is 13.4. The summed E-state index contributed by atoms with van der Waals surface area (Å²) in [5.74, 6) is -0.132. The van der Waals surface area contributed by atoms with Crippen molar-refractivity contribution in [2.75, 3.05) is 5.32 Å². The quantitative estimate of drug-likeness (QED) is 0.345. The zero-order chi connectivity index (χ0) is 20.1. The van der Waals surface area contributed by atoms with Crippen LogP contribution in [0, 0.1) is 10.1 Å². The number of carbonyl (C=O) groups is 1. The molecule has 28 heavy (non-hydrogen) atoms. The minimum absolute atomic E-state index is 0.0324. The predicted octanol–water partition coefficient (Wildman–Crippen LogP) is 4.60. The third-order valence-corrected chi connectivity index (χ3v) is 6.03. The number of aromatic nitrogens is 2. The standard InChI is InChI=1S/C19H18N4O3S2/c1-13(27-16-9-5-15(6-10-16)23(25)26)18(24)21-14-3-7-17(8-4-14)28-19-20-11-12-22(19)2/h3-13H,1-2H3,(H,21,24). The monoisotopic (exact) mass is 414 g/mol. The molecule has 0 spiro atoms. The summed E-state index contributed by atoms with van der Waals surface area (Å²) in [6, 6.07) is 13.7. The van der Waals surface area contributed by atoms with Crippen LogP contribution >= 0.6 is 23.5 Å². The molecule has 1 atom stereocenters. The molecule has 144 valence electrons. The number of nitro groups is 1. The van der Waals surface area contributed by atoms with E-state index in [1.165, 1.54) is 23.9 Å². The Hall–Kier alpha value is -2.78. The molecule has 1 unspecified atom stereocenters. The smallest absolute Gasteiger partial charge is 0.269 e. The highest BCUT2D eigenvalue weighted by Gasteiger charge is 2.15. The minimum Gasteiger partial charge on any atom is -0.329 e. The summed E-state index contributed by atoms with van der Waals surface area (Å²) >= 11 is 2.90. The number of carbonyl (C=O) groups excluding carboxylic acids is 1. The molecule has 3 aromatic rings. The molecule has 0 fully saturated rings. The lowest BCUT2D eigenvalue weighted by molar-refractivity contribution is -0.384. The fraction of sp³-hybridized carbons (Fsp3) is 0.158. The van der Waals surface area contributed by atoms with Gasteiger partial charge in [0.15, 0.2) is 5.16 Å². The molecule has 3 rings (SSSR count). The largest absolute Gasteiger partial charge is 0.329 e. The number of non-ortho nitro benzene ring substituents is 1. The van der Waals surface area contributed by atoms with Gasteiger partial charge in [-0.2, -0.15) is 0 Å². The topological polar surface area (TPSA) is 90.1 Å². The maximum Gasteiger partial charge on any atom is 0.269 e. The number of nitro benzene ring substituents is 1. The van der Waals surface area contributed by atoms with E-state index in [2.05, 4.69) is 10.3 Å². The maximum absolute atomic E-state index is 12.4. The second-order valence-corrected chi connectivity index (χ2v) is 8.40. The molecule has 1 N–H and O–H groups in total. The summed E-state index contributed by atoms with van der Waals surface area (Å²) in [5, 5.41) is 14.1. The van der Waals surface area contributed by atoms with Gasteiger partial charge in [-0.3, -0.25) is 14.9 Å². The van der Waals surface area contributed by atoms with Crippen molar-refractivity contribution in [1.82, 2.24) is 9.55 Å². The van der Waals surface area contributed by atoms with Crippen LogP contribution in [0.25, 0.3) is 0 Å². The number of aryl methyl sites for hydroxylation is 1. The van der Waals surface area contributed by atoms with E-state index in [0.29, 0.717) is 5.69 Å². The van der Waals surface area contributed by atoms with Gasteiger partial charge < -0.3 is 9.88 Å². The number of hydrogen-bond acceptors (Lipinski definition) is 6. The maximum atomic E-state index is 12.4. The van der Waals surface area contributed by atoms with E-state index in [1.807, 2.05) is 42.1 Å². The first kappa shape index (κ1) is 20.0. The minimum atomic E-state index is -0.444. The van der Waals surface area contributed by atoms with Crippen molar-refractivity contribution >= 4 is 40.8 Å². The van der Waals surface area contributed by atoms with E-state index < -0.39 is 4.92 Å². The zero-order valence-electron chi connectivity index (χ0n) is 15.2. The van der Waals surface area contributed by atoms with Gasteiger partial charge in [0.2, 0.25) is 5.91 Å². The highest BCUT2D eigenvalue weighted by atomic mass is 32.2. The molecule has 0 aliphatic heterocycles. The van der Waals surface area contributed by atoms with Crippen LogP contribution in [-0.2, 0) is 11.8 Å². The van der Waals surface area contributed by atoms with E-state index in [0.717, 1.165) is 14.9 Å². The van der Waals surface area contributed by atoms with Crippen LogP contribution < -0.4 is 5.32 Å². The third-order valence-electron chi connectivity index (χ3n) is 3.84. The Kier molecular flexibility index (Phi) is 6.37. The van der Waals surface area contributed by atoms with Gasteiger partial charge >= 0.3 is 0 Å². The molecular formula is C19H18N4O3S2. The lowest BCUT2D eigenvalue weighted by atomic mass is 10.3. The van der Waals surface area contributed by atoms with Crippen LogP contribution in [0.15, 0.2) is 75.9 Å². The molecule has 0 aliphatic carbocycles. The summed E-state index contributed by atoms with van der Waals surface area (Å²) in [4.78, 5) is 28.8. The van der Waals surface area contributed by atoms with Crippen LogP contribution in [0.3, 0.4) is 0 Å². The van der Waals surface area contributed by atoms with Crippen molar-refractivity contribution in [1.29, 1.82) is 0 Å². The van der Waals surface area contributed by atoms with E-state index in [1.54, 1.807) is 37.0 Å². The molecule has 1 heterocycles. The molecule has 1 aromatic heterocycles. The molecule has 7 nitrogen and oxygen atoms in total. The van der Waals surface area contributed by atoms with Gasteiger partial charge in [0.1, 0.15) is 0 Å². The molecule has 0 aliphatic rings. The van der Waals surface area contributed by atoms with Gasteiger partial charge in [0.25, 0.3) is 5.69 Å². The van der Waals surface area contributed by atoms with Crippen LogP contribution in [0.2, 0.25) is 0 Å². The van der Waals surface area contributed by atoms with Gasteiger partial charge in [0, 0.05) is 47.1 Å². The average Bonchev–Trinajstić information content (AvgIpc) is 3.08. The fourth-order valence-electron chi connectivity index (χ4n) is 2.31. The van der Waals surface area contributed by atoms with Gasteiger partial charge in [-0.15, -0.1) is 11.8 Å². The Labute approximate surface area is 170 Å². The van der Waals surface area contributed by atoms with Crippen molar-refractivity contribution in [2.45, 2.75) is 27.1 Å². The highest BCUT2D eigenvalue weighted by Crippen LogP contribution is 2.28. The summed E-state index contributed by atoms with van der Waals surface area (Å²) in [6.07, 6.45) is 3.64. The first-order valence-corrected chi connectivity index (χ1v) is 10.1. The normalized spacial score (nSPS) is 11.8. The molecule has 9 heteroatoms. The first-order valence-electron chi connectivity index (χ1n) is 8.39. The van der Waals surface area contributed by atoms with Crippen molar-refractivity contribution in [3.63, 3.8) is 0 Å². The number of rotatable bonds is 7. The Balaban J connectivity index is 1.56. The Bertz CT molecular complexity index is 972. The fourth-order valence-corrected chi connectivity index (χ4v) is 3.98. The molecule has 1 amide bonds. The van der Waals surface area contributed by atoms with E-state index >= 15 is 0 Å². The number of imidazole rings is 1. The van der Waals surface area contributed by atoms with Gasteiger partial charge in [-0.05, 0) is 43.3 Å². The highest BCUT2D eigenvalue weighted by molar-refractivity contribution is 8.00. The van der Waals surface area contributed by atoms with Crippen LogP contribution in [0.1, 0.15) is 6.92 Å². The number of amides is 1. The summed E-state index contributed by atoms with van der Waals surface area (Å²) < 4.78 is 1.94. The van der Waals surface area contributed by atoms with E-state index in [9.17, 15) is 14.9 Å². The van der Waals surface area contributed by atoms with Crippen molar-refractivity contribution in [3.8, 4) is 0 Å². The van der Waals surface area contributed by atoms with Gasteiger partial charge in [0.05, 0.1) is 10.2 Å². The second kappa shape index (κ2) is 8.94. The summed E-state index contributed by atoms with van der Waals surface area (Å²) in [6.45, 7) is 1.80. The Morgan fingerprint density at radius 1 is 1.14 bits per heavy atom. The lowest BCUT2D eigenvalue weighted by Gasteiger charge is -2.12. The molecule has 0 bridgehead atoms. The average molecular weight is 415 g/mol. The number of benzene rings is 2. The molecule has 0 saturated heterocycles. The predicted molar refractivity (Wildman–Crippen MR) is 111 cm³/mol. The van der Waals surface area contributed by atoms with Crippen molar-refractivity contribution in [3.05, 3.63) is 71.0 Å². The molecule has 2 aromatic carbocycles. The van der Waals surface area contributed by atoms with Gasteiger partial charge in [-0.25, -0.2) is 4.98 Å². The number of nitrogens with one attached hydrogen (secondary N) is 1. The number of nitrogens with zero attached hydrogens (tertiary/aromatic N) is 3. The lowest BCUT2D eigenvalue weighted by Crippen LogP contribution is -2.22. The summed E-state index contributed by atoms with van der Waals surface area (Å²) in [5.41, 5.74) is 0.746. The van der Waals surface area contributed by atoms with Crippen molar-refractivity contribution < 1.29 is 9.72 Å². The number of anilines is 1. The summed E-state index contributed by atoms with van der Waals surface area (Å²) in [7, 11) is 1.94. The van der Waals surface area contributed by atoms with Crippen LogP contribution in [0.4, 0.5) is 11.4 Å². The number of hydrogen-bond donors (Lipinski definition) is 1. The Morgan fingerprint density at radius 2 is 1.79 bits per heavy atom. The van der Waals surface area contributed by atoms with Crippen molar-refractivity contribution in [2.24, 2.45) is 7.05 Å². The van der Waals surface area contributed by atoms with Gasteiger partial charge in [-0.1, -0.05) is 11.8 Å². The molecule has 0 saturated carbocycles. The Morgan fingerprint density at radius 3 is 2.36 bits per heavy atom. The molecular weight excluding hydrogens is 396 g/mol. The zero-order valence-corrected chi connectivity index (χ0v) is 16.9. The van der Waals surface area contributed by atoms with Crippen LogP contribution in [-0.4, -0.2) is 25.6 Å². The second-order valence-electron chi connectivity index (χ2n) is 5.95. The van der Waals surface area contributed by atoms with E-state index in [4.69, 9.17) is 0 Å². The van der Waals surface area contributed by atoms with Crippen LogP contribution in [0.5, 0.6) is 0 Å².